The van der Waals surface area contributed by atoms with Crippen molar-refractivity contribution in [3.63, 3.8) is 0 Å². The second-order valence-corrected chi connectivity index (χ2v) is 15.5. The van der Waals surface area contributed by atoms with Crippen molar-refractivity contribution in [1.29, 1.82) is 10.5 Å². The smallest absolute Gasteiger partial charge is 0.309 e. The fourth-order valence-electron chi connectivity index (χ4n) is 8.47. The van der Waals surface area contributed by atoms with E-state index >= 15 is 0 Å². The SMILES string of the molecule is N#Cc1ccc(-n2c3ccc(C(F)(F)F)cc3c3cc(C(F)(F)F)ccc32)c(-c2cc(-c3ccc(C(F)(F)F)cc3C#N)ccc2-n2c3ccc(C(F)(F)F)cc3c3cc(C(F)(F)F)ccc32)c1. The highest BCUT2D eigenvalue weighted by atomic mass is 19.4. The summed E-state index contributed by atoms with van der Waals surface area (Å²) >= 11 is 0. The number of halogens is 15. The first-order valence-electron chi connectivity index (χ1n) is 19.5. The third-order valence-corrected chi connectivity index (χ3v) is 11.5. The standard InChI is InChI=1S/C49H21F15N4/c50-45(51,52)27-3-8-32(26(16-27)23-66)25-2-10-40(68-43-13-6-30(48(59,60)61)20-37(43)38-21-31(49(62,63)64)7-14-44(38)68)34(17-25)33-15-24(22-65)1-9-39(33)67-41-11-4-28(46(53,54)55)18-35(41)36-19-29(47(56,57)58)5-12-42(36)67/h1-21H. The Morgan fingerprint density at radius 3 is 1.01 bits per heavy atom. The molecular weight excluding hydrogens is 930 g/mol. The summed E-state index contributed by atoms with van der Waals surface area (Å²) in [6, 6.07) is 23.1. The topological polar surface area (TPSA) is 57.4 Å². The molecule has 0 aliphatic rings. The third-order valence-electron chi connectivity index (χ3n) is 11.5. The zero-order chi connectivity index (χ0) is 49.0. The predicted molar refractivity (Wildman–Crippen MR) is 220 cm³/mol. The van der Waals surface area contributed by atoms with Crippen LogP contribution in [0.4, 0.5) is 65.9 Å². The van der Waals surface area contributed by atoms with Gasteiger partial charge in [-0.15, -0.1) is 0 Å². The van der Waals surface area contributed by atoms with E-state index in [0.717, 1.165) is 30.3 Å². The summed E-state index contributed by atoms with van der Waals surface area (Å²) in [7, 11) is 0. The Hall–Kier alpha value is -7.93. The van der Waals surface area contributed by atoms with Crippen LogP contribution in [-0.2, 0) is 30.9 Å². The van der Waals surface area contributed by atoms with Gasteiger partial charge < -0.3 is 9.13 Å². The lowest BCUT2D eigenvalue weighted by molar-refractivity contribution is -0.138. The van der Waals surface area contributed by atoms with Crippen molar-refractivity contribution < 1.29 is 65.9 Å². The molecule has 2 aromatic heterocycles. The molecule has 9 aromatic rings. The highest BCUT2D eigenvalue weighted by Crippen LogP contribution is 2.47. The maximum atomic E-state index is 14.2. The van der Waals surface area contributed by atoms with E-state index in [1.54, 1.807) is 6.07 Å². The predicted octanol–water partition coefficient (Wildman–Crippen LogP) is 16.1. The summed E-state index contributed by atoms with van der Waals surface area (Å²) in [6.45, 7) is 0. The van der Waals surface area contributed by atoms with Crippen molar-refractivity contribution in [2.24, 2.45) is 0 Å². The van der Waals surface area contributed by atoms with Gasteiger partial charge >= 0.3 is 30.9 Å². The summed E-state index contributed by atoms with van der Waals surface area (Å²) in [5, 5.41) is 19.1. The van der Waals surface area contributed by atoms with Crippen LogP contribution in [0.25, 0.3) is 77.2 Å². The minimum absolute atomic E-state index is 0.0219. The molecule has 19 heteroatoms. The maximum Gasteiger partial charge on any atom is 0.416 e. The molecule has 0 aliphatic heterocycles. The molecule has 2 heterocycles. The third kappa shape index (κ3) is 7.67. The van der Waals surface area contributed by atoms with E-state index in [4.69, 9.17) is 0 Å². The van der Waals surface area contributed by atoms with Gasteiger partial charge in [0.2, 0.25) is 0 Å². The second kappa shape index (κ2) is 15.3. The fourth-order valence-corrected chi connectivity index (χ4v) is 8.47. The molecule has 0 aliphatic carbocycles. The monoisotopic (exact) mass is 950 g/mol. The van der Waals surface area contributed by atoms with Gasteiger partial charge in [0.25, 0.3) is 0 Å². The normalized spacial score (nSPS) is 12.9. The Kier molecular flexibility index (Phi) is 10.2. The second-order valence-electron chi connectivity index (χ2n) is 15.5. The lowest BCUT2D eigenvalue weighted by Crippen LogP contribution is -2.06. The lowest BCUT2D eigenvalue weighted by atomic mass is 9.92. The van der Waals surface area contributed by atoms with Crippen molar-refractivity contribution >= 4 is 43.6 Å². The summed E-state index contributed by atoms with van der Waals surface area (Å²) in [5.41, 5.74) is -7.25. The fraction of sp³-hybridized carbons (Fsp3) is 0.102. The number of rotatable bonds is 4. The number of hydrogen-bond acceptors (Lipinski definition) is 2. The molecule has 0 radical (unpaired) electrons. The van der Waals surface area contributed by atoms with Gasteiger partial charge in [-0.2, -0.15) is 76.4 Å². The molecule has 0 N–H and O–H groups in total. The molecule has 0 unspecified atom stereocenters. The van der Waals surface area contributed by atoms with Crippen LogP contribution >= 0.6 is 0 Å². The van der Waals surface area contributed by atoms with Gasteiger partial charge in [-0.3, -0.25) is 0 Å². The summed E-state index contributed by atoms with van der Waals surface area (Å²) in [4.78, 5) is 0. The molecular formula is C49H21F15N4. The van der Waals surface area contributed by atoms with Gasteiger partial charge in [0, 0.05) is 32.7 Å². The minimum Gasteiger partial charge on any atom is -0.309 e. The molecule has 68 heavy (non-hydrogen) atoms. The van der Waals surface area contributed by atoms with Crippen LogP contribution in [0.5, 0.6) is 0 Å². The van der Waals surface area contributed by atoms with E-state index in [1.165, 1.54) is 45.5 Å². The van der Waals surface area contributed by atoms with Crippen LogP contribution in [0.15, 0.2) is 127 Å². The zero-order valence-electron chi connectivity index (χ0n) is 33.6. The molecule has 0 spiro atoms. The maximum absolute atomic E-state index is 14.2. The molecule has 0 bridgehead atoms. The van der Waals surface area contributed by atoms with Crippen LogP contribution in [0, 0.1) is 22.7 Å². The minimum atomic E-state index is -4.96. The number of hydrogen-bond donors (Lipinski definition) is 0. The van der Waals surface area contributed by atoms with Gasteiger partial charge in [0.15, 0.2) is 0 Å². The Bertz CT molecular complexity index is 3500. The summed E-state index contributed by atoms with van der Waals surface area (Å²) < 4.78 is 214. The first kappa shape index (κ1) is 45.2. The van der Waals surface area contributed by atoms with Crippen LogP contribution in [0.2, 0.25) is 0 Å². The number of nitrogens with zero attached hydrogens (tertiary/aromatic N) is 4. The first-order valence-corrected chi connectivity index (χ1v) is 19.5. The number of aromatic nitrogens is 2. The Balaban J connectivity index is 1.44. The van der Waals surface area contributed by atoms with E-state index < -0.39 is 64.3 Å². The van der Waals surface area contributed by atoms with E-state index in [0.29, 0.717) is 60.7 Å². The van der Waals surface area contributed by atoms with E-state index in [2.05, 4.69) is 0 Å². The lowest BCUT2D eigenvalue weighted by Gasteiger charge is -2.20. The van der Waals surface area contributed by atoms with Crippen molar-refractivity contribution in [1.82, 2.24) is 9.13 Å². The number of fused-ring (bicyclic) bond motifs is 6. The van der Waals surface area contributed by atoms with E-state index in [9.17, 15) is 76.4 Å². The van der Waals surface area contributed by atoms with Gasteiger partial charge in [-0.1, -0.05) is 12.1 Å². The van der Waals surface area contributed by atoms with Crippen LogP contribution < -0.4 is 0 Å². The molecule has 0 atom stereocenters. The Morgan fingerprint density at radius 1 is 0.324 bits per heavy atom. The first-order chi connectivity index (χ1) is 31.8. The van der Waals surface area contributed by atoms with Gasteiger partial charge in [-0.25, -0.2) is 0 Å². The van der Waals surface area contributed by atoms with Gasteiger partial charge in [-0.05, 0) is 126 Å². The molecule has 0 amide bonds. The van der Waals surface area contributed by atoms with Gasteiger partial charge in [0.05, 0.1) is 84.5 Å². The van der Waals surface area contributed by atoms with E-state index in [-0.39, 0.29) is 82.8 Å². The number of nitriles is 2. The Labute approximate surface area is 371 Å². The summed E-state index contributed by atoms with van der Waals surface area (Å²) in [5.74, 6) is 0. The largest absolute Gasteiger partial charge is 0.416 e. The molecule has 342 valence electrons. The molecule has 0 saturated heterocycles. The highest BCUT2D eigenvalue weighted by molar-refractivity contribution is 6.12. The Morgan fingerprint density at radius 2 is 0.662 bits per heavy atom. The van der Waals surface area contributed by atoms with Crippen molar-refractivity contribution in [3.05, 3.63) is 166 Å². The van der Waals surface area contributed by atoms with Crippen molar-refractivity contribution in [2.75, 3.05) is 0 Å². The molecule has 9 rings (SSSR count). The van der Waals surface area contributed by atoms with E-state index in [1.807, 2.05) is 6.07 Å². The van der Waals surface area contributed by atoms with Crippen molar-refractivity contribution in [3.8, 4) is 45.8 Å². The van der Waals surface area contributed by atoms with Gasteiger partial charge in [0.1, 0.15) is 0 Å². The number of benzene rings is 7. The van der Waals surface area contributed by atoms with Crippen LogP contribution in [-0.4, -0.2) is 9.13 Å². The average molecular weight is 951 g/mol. The highest BCUT2D eigenvalue weighted by Gasteiger charge is 2.36. The van der Waals surface area contributed by atoms with Crippen molar-refractivity contribution in [2.45, 2.75) is 30.9 Å². The van der Waals surface area contributed by atoms with Crippen LogP contribution in [0.1, 0.15) is 38.9 Å². The average Bonchev–Trinajstić information content (AvgIpc) is 3.78. The van der Waals surface area contributed by atoms with Crippen LogP contribution in [0.3, 0.4) is 0 Å². The number of alkyl halides is 15. The molecule has 7 aromatic carbocycles. The molecule has 4 nitrogen and oxygen atoms in total. The quantitative estimate of drug-likeness (QED) is 0.165. The molecule has 0 saturated carbocycles. The zero-order valence-corrected chi connectivity index (χ0v) is 33.6. The molecule has 0 fully saturated rings. The summed E-state index contributed by atoms with van der Waals surface area (Å²) in [6.07, 6.45) is -24.7.